The predicted octanol–water partition coefficient (Wildman–Crippen LogP) is 4.99. The number of aliphatic hydroxyl groups excluding tert-OH is 2. The molecule has 0 saturated heterocycles. The van der Waals surface area contributed by atoms with Gasteiger partial charge >= 0.3 is 6.18 Å². The maximum absolute atomic E-state index is 12.9. The third-order valence-corrected chi connectivity index (χ3v) is 5.71. The van der Waals surface area contributed by atoms with Crippen molar-refractivity contribution >= 4 is 34.8 Å². The zero-order valence-corrected chi connectivity index (χ0v) is 23.4. The third kappa shape index (κ3) is 9.04. The number of rotatable bonds is 7. The largest absolute Gasteiger partial charge is 0.416 e. The van der Waals surface area contributed by atoms with Crippen LogP contribution < -0.4 is 15.5 Å². The summed E-state index contributed by atoms with van der Waals surface area (Å²) in [5.41, 5.74) is 1.09. The summed E-state index contributed by atoms with van der Waals surface area (Å²) in [5, 5.41) is 21.6. The Morgan fingerprint density at radius 2 is 1.77 bits per heavy atom. The fourth-order valence-corrected chi connectivity index (χ4v) is 3.86. The number of carbonyl (C=O) groups excluding carboxylic acids is 1. The Bertz CT molecular complexity index is 1230. The predicted molar refractivity (Wildman–Crippen MR) is 149 cm³/mol. The molecule has 0 spiro atoms. The van der Waals surface area contributed by atoms with E-state index in [1.807, 2.05) is 25.7 Å². The van der Waals surface area contributed by atoms with Gasteiger partial charge in [0, 0.05) is 30.5 Å². The van der Waals surface area contributed by atoms with Gasteiger partial charge in [-0.2, -0.15) is 13.2 Å². The number of nitrogens with zero attached hydrogens (tertiary/aromatic N) is 4. The standard InChI is InChI=1S/C23H22ClF3N6O.C2H6O2.C2H6/c1-2-10-29-22(34)20-31-18-13-33(21-17(24)4-3-11-28-21)12-9-16(18)19(32-20)30-15-7-5-14(6-8-15)23(25,26)27;3-1-2-4;1-2/h3-8,11H,2,9-10,12-13H2,1H3,(H,29,34)(H,30,31,32);3-4H,1-2H2;1-2H3. The molecule has 1 amide bonds. The van der Waals surface area contributed by atoms with E-state index in [2.05, 4.69) is 25.6 Å². The van der Waals surface area contributed by atoms with Gasteiger partial charge in [0.15, 0.2) is 0 Å². The summed E-state index contributed by atoms with van der Waals surface area (Å²) in [6.45, 7) is 7.08. The minimum atomic E-state index is -4.42. The van der Waals surface area contributed by atoms with Crippen LogP contribution in [0, 0.1) is 0 Å². The molecule has 3 heterocycles. The Morgan fingerprint density at radius 3 is 2.35 bits per heavy atom. The Labute approximate surface area is 236 Å². The minimum absolute atomic E-state index is 0.0180. The van der Waals surface area contributed by atoms with Crippen molar-refractivity contribution in [1.82, 2.24) is 20.3 Å². The normalized spacial score (nSPS) is 12.3. The highest BCUT2D eigenvalue weighted by Crippen LogP contribution is 2.33. The molecular weight excluding hydrogens is 549 g/mol. The summed E-state index contributed by atoms with van der Waals surface area (Å²) >= 11 is 6.31. The minimum Gasteiger partial charge on any atom is -0.394 e. The second-order valence-electron chi connectivity index (χ2n) is 8.20. The molecule has 0 saturated carbocycles. The summed E-state index contributed by atoms with van der Waals surface area (Å²) in [6, 6.07) is 8.15. The van der Waals surface area contributed by atoms with Gasteiger partial charge < -0.3 is 25.7 Å². The van der Waals surface area contributed by atoms with Crippen LogP contribution in [-0.2, 0) is 19.1 Å². The zero-order chi connectivity index (χ0) is 29.7. The Kier molecular flexibility index (Phi) is 13.0. The van der Waals surface area contributed by atoms with Crippen LogP contribution in [0.5, 0.6) is 0 Å². The first-order chi connectivity index (χ1) is 19.2. The van der Waals surface area contributed by atoms with E-state index < -0.39 is 17.6 Å². The SMILES string of the molecule is CC.CCCNC(=O)c1nc2c(c(Nc3ccc(C(F)(F)F)cc3)n1)CCN(c1ncccc1Cl)C2.OCCO. The fourth-order valence-electron chi connectivity index (χ4n) is 3.62. The Balaban J connectivity index is 0.000000858. The Morgan fingerprint density at radius 1 is 1.10 bits per heavy atom. The van der Waals surface area contributed by atoms with E-state index in [1.54, 1.807) is 18.3 Å². The molecule has 9 nitrogen and oxygen atoms in total. The number of aliphatic hydroxyl groups is 2. The first kappa shape index (κ1) is 32.7. The monoisotopic (exact) mass is 582 g/mol. The highest BCUT2D eigenvalue weighted by molar-refractivity contribution is 6.32. The van der Waals surface area contributed by atoms with Crippen LogP contribution in [0.15, 0.2) is 42.6 Å². The van der Waals surface area contributed by atoms with Crippen molar-refractivity contribution in [2.24, 2.45) is 0 Å². The highest BCUT2D eigenvalue weighted by Gasteiger charge is 2.30. The van der Waals surface area contributed by atoms with Crippen molar-refractivity contribution in [1.29, 1.82) is 0 Å². The van der Waals surface area contributed by atoms with Gasteiger partial charge in [0.25, 0.3) is 5.91 Å². The van der Waals surface area contributed by atoms with Gasteiger partial charge in [-0.05, 0) is 49.2 Å². The van der Waals surface area contributed by atoms with Crippen LogP contribution in [0.1, 0.15) is 54.6 Å². The van der Waals surface area contributed by atoms with Crippen LogP contribution in [0.25, 0.3) is 0 Å². The zero-order valence-electron chi connectivity index (χ0n) is 22.6. The highest BCUT2D eigenvalue weighted by atomic mass is 35.5. The molecule has 0 aliphatic carbocycles. The van der Waals surface area contributed by atoms with Crippen molar-refractivity contribution in [2.45, 2.75) is 46.3 Å². The lowest BCUT2D eigenvalue weighted by Gasteiger charge is -2.30. The smallest absolute Gasteiger partial charge is 0.394 e. The molecule has 13 heteroatoms. The molecule has 2 aromatic heterocycles. The van der Waals surface area contributed by atoms with E-state index >= 15 is 0 Å². The topological polar surface area (TPSA) is 124 Å². The fraction of sp³-hybridized carbons (Fsp3) is 0.407. The number of amides is 1. The van der Waals surface area contributed by atoms with Crippen molar-refractivity contribution < 1.29 is 28.2 Å². The molecule has 0 fully saturated rings. The summed E-state index contributed by atoms with van der Waals surface area (Å²) in [6.07, 6.45) is -1.49. The van der Waals surface area contributed by atoms with Gasteiger partial charge in [0.2, 0.25) is 5.82 Å². The lowest BCUT2D eigenvalue weighted by atomic mass is 10.0. The molecule has 1 aromatic carbocycles. The molecule has 0 radical (unpaired) electrons. The van der Waals surface area contributed by atoms with Crippen molar-refractivity contribution in [3.63, 3.8) is 0 Å². The number of nitrogens with one attached hydrogen (secondary N) is 2. The number of alkyl halides is 3. The molecule has 4 N–H and O–H groups in total. The first-order valence-electron chi connectivity index (χ1n) is 12.9. The van der Waals surface area contributed by atoms with Gasteiger partial charge in [0.05, 0.1) is 36.0 Å². The van der Waals surface area contributed by atoms with E-state index in [1.165, 1.54) is 12.1 Å². The number of anilines is 3. The average molecular weight is 583 g/mol. The number of hydrogen-bond acceptors (Lipinski definition) is 8. The lowest BCUT2D eigenvalue weighted by molar-refractivity contribution is -0.137. The summed E-state index contributed by atoms with van der Waals surface area (Å²) in [4.78, 5) is 27.8. The number of halogens is 4. The molecule has 4 rings (SSSR count). The first-order valence-corrected chi connectivity index (χ1v) is 13.2. The number of carbonyl (C=O) groups is 1. The van der Waals surface area contributed by atoms with Crippen molar-refractivity contribution in [3.05, 3.63) is 70.3 Å². The van der Waals surface area contributed by atoms with Gasteiger partial charge in [0.1, 0.15) is 11.6 Å². The van der Waals surface area contributed by atoms with E-state index in [9.17, 15) is 18.0 Å². The van der Waals surface area contributed by atoms with E-state index in [0.717, 1.165) is 24.1 Å². The number of hydrogen-bond donors (Lipinski definition) is 4. The van der Waals surface area contributed by atoms with Crippen LogP contribution in [0.3, 0.4) is 0 Å². The van der Waals surface area contributed by atoms with E-state index in [-0.39, 0.29) is 19.0 Å². The van der Waals surface area contributed by atoms with Crippen molar-refractivity contribution in [2.75, 3.05) is 36.5 Å². The van der Waals surface area contributed by atoms with E-state index in [4.69, 9.17) is 21.8 Å². The quantitative estimate of drug-likeness (QED) is 0.307. The van der Waals surface area contributed by atoms with Gasteiger partial charge in [-0.1, -0.05) is 32.4 Å². The van der Waals surface area contributed by atoms with Gasteiger partial charge in [-0.25, -0.2) is 15.0 Å². The molecule has 1 aliphatic heterocycles. The summed E-state index contributed by atoms with van der Waals surface area (Å²) < 4.78 is 38.7. The van der Waals surface area contributed by atoms with Gasteiger partial charge in [-0.15, -0.1) is 0 Å². The van der Waals surface area contributed by atoms with Crippen molar-refractivity contribution in [3.8, 4) is 0 Å². The summed E-state index contributed by atoms with van der Waals surface area (Å²) in [7, 11) is 0. The van der Waals surface area contributed by atoms with Crippen LogP contribution >= 0.6 is 11.6 Å². The third-order valence-electron chi connectivity index (χ3n) is 5.42. The second kappa shape index (κ2) is 15.9. The van der Waals surface area contributed by atoms with Gasteiger partial charge in [-0.3, -0.25) is 4.79 Å². The maximum Gasteiger partial charge on any atom is 0.416 e. The van der Waals surface area contributed by atoms with Crippen LogP contribution in [-0.4, -0.2) is 57.4 Å². The molecule has 0 atom stereocenters. The molecule has 3 aromatic rings. The van der Waals surface area contributed by atoms with Crippen LogP contribution in [0.2, 0.25) is 5.02 Å². The molecule has 1 aliphatic rings. The molecule has 0 bridgehead atoms. The Hall–Kier alpha value is -3.48. The number of aromatic nitrogens is 3. The molecule has 218 valence electrons. The molecule has 0 unspecified atom stereocenters. The average Bonchev–Trinajstić information content (AvgIpc) is 2.96. The molecular formula is C27H34ClF3N6O3. The second-order valence-corrected chi connectivity index (χ2v) is 8.61. The van der Waals surface area contributed by atoms with Crippen LogP contribution in [0.4, 0.5) is 30.5 Å². The van der Waals surface area contributed by atoms with E-state index in [0.29, 0.717) is 54.1 Å². The summed E-state index contributed by atoms with van der Waals surface area (Å²) in [5.74, 6) is 0.560. The maximum atomic E-state index is 12.9. The number of pyridine rings is 1. The molecule has 40 heavy (non-hydrogen) atoms. The number of benzene rings is 1. The lowest BCUT2D eigenvalue weighted by Crippen LogP contribution is -2.34. The number of fused-ring (bicyclic) bond motifs is 1.